The highest BCUT2D eigenvalue weighted by atomic mass is 19.1. The Hall–Kier alpha value is -2.40. The Morgan fingerprint density at radius 1 is 0.958 bits per heavy atom. The van der Waals surface area contributed by atoms with E-state index in [9.17, 15) is 9.18 Å². The molecule has 3 rings (SSSR count). The summed E-state index contributed by atoms with van der Waals surface area (Å²) in [6.07, 6.45) is 0.924. The van der Waals surface area contributed by atoms with Crippen molar-refractivity contribution in [2.24, 2.45) is 0 Å². The number of carboxylic acid groups (broad SMARTS) is 1. The standard InChI is InChI=1S/C19H21FN2O2/c20-17-5-1-15(2-6-17)9-10-21-11-13-22(14-12-21)18-7-3-16(4-8-18)19(23)24/h1-8H,9-14H2,(H,23,24). The van der Waals surface area contributed by atoms with Crippen LogP contribution in [0.5, 0.6) is 0 Å². The summed E-state index contributed by atoms with van der Waals surface area (Å²) in [5.74, 6) is -1.09. The molecule has 1 saturated heterocycles. The molecule has 0 saturated carbocycles. The summed E-state index contributed by atoms with van der Waals surface area (Å²) in [6.45, 7) is 4.77. The van der Waals surface area contributed by atoms with Gasteiger partial charge in [-0.25, -0.2) is 9.18 Å². The van der Waals surface area contributed by atoms with Gasteiger partial charge < -0.3 is 10.0 Å². The summed E-state index contributed by atoms with van der Waals surface area (Å²) in [7, 11) is 0. The summed E-state index contributed by atoms with van der Waals surface area (Å²) in [4.78, 5) is 15.6. The maximum atomic E-state index is 12.9. The monoisotopic (exact) mass is 328 g/mol. The van der Waals surface area contributed by atoms with Gasteiger partial charge in [-0.05, 0) is 48.4 Å². The Balaban J connectivity index is 1.48. The number of benzene rings is 2. The van der Waals surface area contributed by atoms with E-state index >= 15 is 0 Å². The van der Waals surface area contributed by atoms with E-state index in [4.69, 9.17) is 5.11 Å². The average Bonchev–Trinajstić information content (AvgIpc) is 2.62. The van der Waals surface area contributed by atoms with Crippen molar-refractivity contribution in [3.05, 3.63) is 65.5 Å². The summed E-state index contributed by atoms with van der Waals surface area (Å²) in [5.41, 5.74) is 2.54. The highest BCUT2D eigenvalue weighted by Crippen LogP contribution is 2.17. The maximum absolute atomic E-state index is 12.9. The summed E-state index contributed by atoms with van der Waals surface area (Å²) in [6, 6.07) is 13.7. The van der Waals surface area contributed by atoms with E-state index in [1.165, 1.54) is 12.1 Å². The van der Waals surface area contributed by atoms with E-state index in [1.54, 1.807) is 12.1 Å². The highest BCUT2D eigenvalue weighted by Gasteiger charge is 2.17. The van der Waals surface area contributed by atoms with Gasteiger partial charge >= 0.3 is 5.97 Å². The van der Waals surface area contributed by atoms with Crippen molar-refractivity contribution in [1.82, 2.24) is 4.90 Å². The van der Waals surface area contributed by atoms with Crippen LogP contribution in [0.3, 0.4) is 0 Å². The van der Waals surface area contributed by atoms with Crippen molar-refractivity contribution in [2.75, 3.05) is 37.6 Å². The molecule has 0 unspecified atom stereocenters. The molecule has 1 heterocycles. The number of rotatable bonds is 5. The van der Waals surface area contributed by atoms with Crippen molar-refractivity contribution >= 4 is 11.7 Å². The lowest BCUT2D eigenvalue weighted by Gasteiger charge is -2.36. The second kappa shape index (κ2) is 7.45. The minimum atomic E-state index is -0.896. The van der Waals surface area contributed by atoms with Crippen LogP contribution in [0.25, 0.3) is 0 Å². The first-order chi connectivity index (χ1) is 11.6. The first kappa shape index (κ1) is 16.5. The van der Waals surface area contributed by atoms with Crippen molar-refractivity contribution in [3.63, 3.8) is 0 Å². The highest BCUT2D eigenvalue weighted by molar-refractivity contribution is 5.88. The van der Waals surface area contributed by atoms with Gasteiger partial charge in [-0.15, -0.1) is 0 Å². The SMILES string of the molecule is O=C(O)c1ccc(N2CCN(CCc3ccc(F)cc3)CC2)cc1. The van der Waals surface area contributed by atoms with E-state index in [-0.39, 0.29) is 5.82 Å². The maximum Gasteiger partial charge on any atom is 0.335 e. The molecule has 4 nitrogen and oxygen atoms in total. The third kappa shape index (κ3) is 4.11. The van der Waals surface area contributed by atoms with Gasteiger partial charge in [-0.2, -0.15) is 0 Å². The Bertz CT molecular complexity index is 678. The zero-order valence-corrected chi connectivity index (χ0v) is 13.5. The third-order valence-electron chi connectivity index (χ3n) is 4.48. The first-order valence-electron chi connectivity index (χ1n) is 8.17. The zero-order valence-electron chi connectivity index (χ0n) is 13.5. The smallest absolute Gasteiger partial charge is 0.335 e. The Morgan fingerprint density at radius 3 is 2.17 bits per heavy atom. The van der Waals surface area contributed by atoms with E-state index in [1.807, 2.05) is 24.3 Å². The normalized spacial score (nSPS) is 15.5. The molecule has 1 aliphatic heterocycles. The fourth-order valence-corrected chi connectivity index (χ4v) is 2.98. The lowest BCUT2D eigenvalue weighted by molar-refractivity contribution is 0.0697. The molecule has 24 heavy (non-hydrogen) atoms. The molecule has 2 aromatic carbocycles. The number of hydrogen-bond acceptors (Lipinski definition) is 3. The number of aromatic carboxylic acids is 1. The minimum Gasteiger partial charge on any atom is -0.478 e. The molecule has 0 aliphatic carbocycles. The van der Waals surface area contributed by atoms with Crippen molar-refractivity contribution in [1.29, 1.82) is 0 Å². The number of hydrogen-bond donors (Lipinski definition) is 1. The second-order valence-corrected chi connectivity index (χ2v) is 6.06. The number of carboxylic acids is 1. The largest absolute Gasteiger partial charge is 0.478 e. The molecule has 0 spiro atoms. The van der Waals surface area contributed by atoms with E-state index in [0.29, 0.717) is 5.56 Å². The number of piperazine rings is 1. The van der Waals surface area contributed by atoms with Gasteiger partial charge in [0.1, 0.15) is 5.82 Å². The van der Waals surface area contributed by atoms with Gasteiger partial charge in [0.2, 0.25) is 0 Å². The van der Waals surface area contributed by atoms with Crippen LogP contribution in [0.1, 0.15) is 15.9 Å². The van der Waals surface area contributed by atoms with Gasteiger partial charge in [0.25, 0.3) is 0 Å². The van der Waals surface area contributed by atoms with Crippen LogP contribution in [0.15, 0.2) is 48.5 Å². The van der Waals surface area contributed by atoms with E-state index in [0.717, 1.165) is 50.4 Å². The van der Waals surface area contributed by atoms with Crippen molar-refractivity contribution in [3.8, 4) is 0 Å². The fourth-order valence-electron chi connectivity index (χ4n) is 2.98. The van der Waals surface area contributed by atoms with Crippen LogP contribution in [0, 0.1) is 5.82 Å². The van der Waals surface area contributed by atoms with Gasteiger partial charge in [-0.3, -0.25) is 4.90 Å². The molecule has 2 aromatic rings. The number of carbonyl (C=O) groups is 1. The summed E-state index contributed by atoms with van der Waals surface area (Å²) in [5, 5.41) is 8.95. The molecule has 0 amide bonds. The van der Waals surface area contributed by atoms with Gasteiger partial charge in [0.05, 0.1) is 5.56 Å². The number of nitrogens with zero attached hydrogens (tertiary/aromatic N) is 2. The molecule has 0 aromatic heterocycles. The molecular formula is C19H21FN2O2. The van der Waals surface area contributed by atoms with Crippen molar-refractivity contribution < 1.29 is 14.3 Å². The summed E-state index contributed by atoms with van der Waals surface area (Å²) >= 11 is 0. The van der Waals surface area contributed by atoms with Crippen LogP contribution in [-0.4, -0.2) is 48.7 Å². The Morgan fingerprint density at radius 2 is 1.58 bits per heavy atom. The van der Waals surface area contributed by atoms with Gasteiger partial charge in [0, 0.05) is 38.4 Å². The minimum absolute atomic E-state index is 0.193. The predicted octanol–water partition coefficient (Wildman–Crippen LogP) is 2.89. The predicted molar refractivity (Wildman–Crippen MR) is 92.2 cm³/mol. The Kier molecular flexibility index (Phi) is 5.11. The third-order valence-corrected chi connectivity index (χ3v) is 4.48. The fraction of sp³-hybridized carbons (Fsp3) is 0.316. The van der Waals surface area contributed by atoms with Crippen LogP contribution < -0.4 is 4.90 Å². The molecule has 5 heteroatoms. The second-order valence-electron chi connectivity index (χ2n) is 6.06. The topological polar surface area (TPSA) is 43.8 Å². The van der Waals surface area contributed by atoms with Crippen LogP contribution in [0.2, 0.25) is 0 Å². The van der Waals surface area contributed by atoms with Crippen LogP contribution in [-0.2, 0) is 6.42 Å². The molecule has 1 aliphatic rings. The molecule has 0 bridgehead atoms. The molecular weight excluding hydrogens is 307 g/mol. The average molecular weight is 328 g/mol. The molecule has 0 radical (unpaired) electrons. The number of anilines is 1. The molecule has 0 atom stereocenters. The molecule has 1 N–H and O–H groups in total. The quantitative estimate of drug-likeness (QED) is 0.917. The van der Waals surface area contributed by atoms with Crippen molar-refractivity contribution in [2.45, 2.75) is 6.42 Å². The lowest BCUT2D eigenvalue weighted by Crippen LogP contribution is -2.47. The summed E-state index contributed by atoms with van der Waals surface area (Å²) < 4.78 is 12.9. The first-order valence-corrected chi connectivity index (χ1v) is 8.17. The van der Waals surface area contributed by atoms with Crippen LogP contribution >= 0.6 is 0 Å². The Labute approximate surface area is 141 Å². The lowest BCUT2D eigenvalue weighted by atomic mass is 10.1. The van der Waals surface area contributed by atoms with Gasteiger partial charge in [-0.1, -0.05) is 12.1 Å². The zero-order chi connectivity index (χ0) is 16.9. The number of halogens is 1. The molecule has 126 valence electrons. The van der Waals surface area contributed by atoms with Crippen LogP contribution in [0.4, 0.5) is 10.1 Å². The van der Waals surface area contributed by atoms with E-state index < -0.39 is 5.97 Å². The van der Waals surface area contributed by atoms with E-state index in [2.05, 4.69) is 9.80 Å². The molecule has 1 fully saturated rings. The van der Waals surface area contributed by atoms with Gasteiger partial charge in [0.15, 0.2) is 0 Å².